The van der Waals surface area contributed by atoms with Crippen LogP contribution in [-0.2, 0) is 16.8 Å². The van der Waals surface area contributed by atoms with Gasteiger partial charge in [-0.2, -0.15) is 4.98 Å². The Morgan fingerprint density at radius 3 is 2.70 bits per heavy atom. The van der Waals surface area contributed by atoms with Gasteiger partial charge in [-0.05, 0) is 31.2 Å². The number of amides is 1. The molecule has 4 rings (SSSR count). The third-order valence-corrected chi connectivity index (χ3v) is 5.70. The zero-order valence-electron chi connectivity index (χ0n) is 15.5. The number of hydrogen-bond donors (Lipinski definition) is 1. The van der Waals surface area contributed by atoms with Gasteiger partial charge in [-0.1, -0.05) is 48.3 Å². The van der Waals surface area contributed by atoms with Crippen molar-refractivity contribution >= 4 is 18.3 Å². The lowest BCUT2D eigenvalue weighted by Gasteiger charge is -2.31. The average molecular weight is 391 g/mol. The number of rotatable bonds is 4. The molecule has 27 heavy (non-hydrogen) atoms. The van der Waals surface area contributed by atoms with Gasteiger partial charge in [0.25, 0.3) is 0 Å². The van der Waals surface area contributed by atoms with Crippen LogP contribution in [0.4, 0.5) is 0 Å². The van der Waals surface area contributed by atoms with Crippen molar-refractivity contribution in [3.63, 3.8) is 0 Å². The monoisotopic (exact) mass is 390 g/mol. The molecule has 1 aliphatic heterocycles. The van der Waals surface area contributed by atoms with E-state index >= 15 is 0 Å². The van der Waals surface area contributed by atoms with Gasteiger partial charge in [0, 0.05) is 13.1 Å². The summed E-state index contributed by atoms with van der Waals surface area (Å²) in [5, 5.41) is 4.17. The molecule has 1 saturated carbocycles. The number of aromatic nitrogens is 2. The summed E-state index contributed by atoms with van der Waals surface area (Å²) in [6.07, 6.45) is 6.42. The summed E-state index contributed by atoms with van der Waals surface area (Å²) in [5.41, 5.74) is 7.05. The first kappa shape index (κ1) is 19.8. The molecule has 0 spiro atoms. The molecular formula is C20H27ClN4O2. The SMILES string of the molecule is Cl.NC1(c2noc(C3CCCN(C(=O)Cc4ccccc4)C3)n2)CCCC1. The molecule has 2 heterocycles. The molecule has 1 aromatic carbocycles. The first-order valence-corrected chi connectivity index (χ1v) is 9.59. The van der Waals surface area contributed by atoms with Crippen LogP contribution in [0.3, 0.4) is 0 Å². The lowest BCUT2D eigenvalue weighted by Crippen LogP contribution is -2.40. The van der Waals surface area contributed by atoms with E-state index in [9.17, 15) is 4.79 Å². The Bertz CT molecular complexity index is 758. The van der Waals surface area contributed by atoms with Crippen molar-refractivity contribution < 1.29 is 9.32 Å². The van der Waals surface area contributed by atoms with E-state index in [-0.39, 0.29) is 24.2 Å². The minimum Gasteiger partial charge on any atom is -0.342 e. The second-order valence-electron chi connectivity index (χ2n) is 7.66. The number of nitrogens with two attached hydrogens (primary N) is 1. The van der Waals surface area contributed by atoms with Crippen molar-refractivity contribution in [3.8, 4) is 0 Å². The molecule has 1 aliphatic carbocycles. The third-order valence-electron chi connectivity index (χ3n) is 5.70. The minimum atomic E-state index is -0.431. The minimum absolute atomic E-state index is 0. The van der Waals surface area contributed by atoms with E-state index in [0.29, 0.717) is 24.7 Å². The molecule has 6 nitrogen and oxygen atoms in total. The summed E-state index contributed by atoms with van der Waals surface area (Å²) in [6.45, 7) is 1.44. The molecule has 1 amide bonds. The highest BCUT2D eigenvalue weighted by molar-refractivity contribution is 5.85. The smallest absolute Gasteiger partial charge is 0.231 e. The van der Waals surface area contributed by atoms with Gasteiger partial charge in [-0.15, -0.1) is 12.4 Å². The second-order valence-corrected chi connectivity index (χ2v) is 7.66. The van der Waals surface area contributed by atoms with E-state index in [1.54, 1.807) is 0 Å². The molecule has 7 heteroatoms. The fourth-order valence-corrected chi connectivity index (χ4v) is 4.12. The number of hydrogen-bond acceptors (Lipinski definition) is 5. The molecule has 0 radical (unpaired) electrons. The van der Waals surface area contributed by atoms with Crippen LogP contribution in [0.5, 0.6) is 0 Å². The van der Waals surface area contributed by atoms with Crippen molar-refractivity contribution in [1.82, 2.24) is 15.0 Å². The molecular weight excluding hydrogens is 364 g/mol. The van der Waals surface area contributed by atoms with Crippen LogP contribution in [0.15, 0.2) is 34.9 Å². The van der Waals surface area contributed by atoms with E-state index < -0.39 is 5.54 Å². The van der Waals surface area contributed by atoms with Crippen LogP contribution >= 0.6 is 12.4 Å². The first-order chi connectivity index (χ1) is 12.6. The van der Waals surface area contributed by atoms with Gasteiger partial charge >= 0.3 is 0 Å². The maximum atomic E-state index is 12.6. The van der Waals surface area contributed by atoms with Gasteiger partial charge in [0.05, 0.1) is 17.9 Å². The van der Waals surface area contributed by atoms with Crippen LogP contribution < -0.4 is 5.73 Å². The largest absolute Gasteiger partial charge is 0.342 e. The first-order valence-electron chi connectivity index (χ1n) is 9.59. The van der Waals surface area contributed by atoms with Gasteiger partial charge in [0.15, 0.2) is 5.82 Å². The summed E-state index contributed by atoms with van der Waals surface area (Å²) in [7, 11) is 0. The number of likely N-dealkylation sites (tertiary alicyclic amines) is 1. The predicted octanol–water partition coefficient (Wildman–Crippen LogP) is 3.17. The Morgan fingerprint density at radius 1 is 1.22 bits per heavy atom. The van der Waals surface area contributed by atoms with Gasteiger partial charge in [-0.3, -0.25) is 4.79 Å². The quantitative estimate of drug-likeness (QED) is 0.866. The maximum Gasteiger partial charge on any atom is 0.231 e. The maximum absolute atomic E-state index is 12.6. The van der Waals surface area contributed by atoms with Crippen LogP contribution in [0.1, 0.15) is 61.7 Å². The van der Waals surface area contributed by atoms with E-state index in [4.69, 9.17) is 10.3 Å². The van der Waals surface area contributed by atoms with Crippen LogP contribution in [0.2, 0.25) is 0 Å². The summed E-state index contributed by atoms with van der Waals surface area (Å²) in [4.78, 5) is 19.2. The predicted molar refractivity (Wildman–Crippen MR) is 105 cm³/mol. The highest BCUT2D eigenvalue weighted by Gasteiger charge is 2.37. The molecule has 1 atom stereocenters. The zero-order chi connectivity index (χ0) is 18.0. The van der Waals surface area contributed by atoms with Gasteiger partial charge < -0.3 is 15.2 Å². The van der Waals surface area contributed by atoms with Crippen molar-refractivity contribution in [3.05, 3.63) is 47.6 Å². The molecule has 2 fully saturated rings. The average Bonchev–Trinajstić information content (AvgIpc) is 3.33. The van der Waals surface area contributed by atoms with Gasteiger partial charge in [0.2, 0.25) is 11.8 Å². The zero-order valence-corrected chi connectivity index (χ0v) is 16.3. The van der Waals surface area contributed by atoms with E-state index in [1.165, 1.54) is 0 Å². The van der Waals surface area contributed by atoms with Crippen LogP contribution in [0, 0.1) is 0 Å². The van der Waals surface area contributed by atoms with E-state index in [1.807, 2.05) is 35.2 Å². The van der Waals surface area contributed by atoms with E-state index in [0.717, 1.165) is 50.6 Å². The highest BCUT2D eigenvalue weighted by atomic mass is 35.5. The van der Waals surface area contributed by atoms with Crippen LogP contribution in [-0.4, -0.2) is 34.0 Å². The van der Waals surface area contributed by atoms with Gasteiger partial charge in [0.1, 0.15) is 0 Å². The summed E-state index contributed by atoms with van der Waals surface area (Å²) >= 11 is 0. The Balaban J connectivity index is 0.00000210. The number of carbonyl (C=O) groups excluding carboxylic acids is 1. The topological polar surface area (TPSA) is 85.2 Å². The number of piperidine rings is 1. The van der Waals surface area contributed by atoms with Crippen molar-refractivity contribution in [2.45, 2.75) is 56.4 Å². The Hall–Kier alpha value is -1.92. The summed E-state index contributed by atoms with van der Waals surface area (Å²) < 4.78 is 5.55. The third kappa shape index (κ3) is 4.33. The Morgan fingerprint density at radius 2 is 1.96 bits per heavy atom. The number of halogens is 1. The van der Waals surface area contributed by atoms with Crippen molar-refractivity contribution in [2.24, 2.45) is 5.73 Å². The Kier molecular flexibility index (Phi) is 6.17. The molecule has 2 N–H and O–H groups in total. The fraction of sp³-hybridized carbons (Fsp3) is 0.550. The van der Waals surface area contributed by atoms with Crippen molar-refractivity contribution in [2.75, 3.05) is 13.1 Å². The molecule has 1 saturated heterocycles. The molecule has 2 aliphatic rings. The summed E-state index contributed by atoms with van der Waals surface area (Å²) in [6, 6.07) is 9.88. The molecule has 1 aromatic heterocycles. The van der Waals surface area contributed by atoms with Crippen LogP contribution in [0.25, 0.3) is 0 Å². The standard InChI is InChI=1S/C20H26N4O2.ClH/c21-20(10-4-5-11-20)19-22-18(26-23-19)16-9-6-12-24(14-16)17(25)13-15-7-2-1-3-8-15;/h1-3,7-8,16H,4-6,9-14,21H2;1H. The summed E-state index contributed by atoms with van der Waals surface area (Å²) in [5.74, 6) is 1.54. The number of benzene rings is 1. The number of carbonyl (C=O) groups is 1. The highest BCUT2D eigenvalue weighted by Crippen LogP contribution is 2.36. The lowest BCUT2D eigenvalue weighted by molar-refractivity contribution is -0.131. The van der Waals surface area contributed by atoms with Crippen molar-refractivity contribution in [1.29, 1.82) is 0 Å². The molecule has 146 valence electrons. The Labute approximate surface area is 165 Å². The van der Waals surface area contributed by atoms with Gasteiger partial charge in [-0.25, -0.2) is 0 Å². The number of nitrogens with zero attached hydrogens (tertiary/aromatic N) is 3. The molecule has 2 aromatic rings. The second kappa shape index (κ2) is 8.40. The fourth-order valence-electron chi connectivity index (χ4n) is 4.12. The normalized spacial score (nSPS) is 21.7. The van der Waals surface area contributed by atoms with E-state index in [2.05, 4.69) is 10.1 Å². The molecule has 0 bridgehead atoms. The lowest BCUT2D eigenvalue weighted by atomic mass is 9.96. The molecule has 1 unspecified atom stereocenters.